The monoisotopic (exact) mass is 340 g/mol. The number of anilines is 1. The second-order valence-corrected chi connectivity index (χ2v) is 7.26. The molecular formula is C18H20N4OS. The van der Waals surface area contributed by atoms with Gasteiger partial charge in [-0.05, 0) is 49.4 Å². The number of fused-ring (bicyclic) bond motifs is 1. The van der Waals surface area contributed by atoms with Crippen LogP contribution in [-0.4, -0.2) is 34.9 Å². The Bertz CT molecular complexity index is 842. The van der Waals surface area contributed by atoms with Gasteiger partial charge >= 0.3 is 0 Å². The van der Waals surface area contributed by atoms with E-state index >= 15 is 0 Å². The third kappa shape index (κ3) is 3.39. The summed E-state index contributed by atoms with van der Waals surface area (Å²) in [6, 6.07) is 8.33. The number of aryl methyl sites for hydroxylation is 1. The van der Waals surface area contributed by atoms with Crippen molar-refractivity contribution in [2.24, 2.45) is 5.92 Å². The van der Waals surface area contributed by atoms with Crippen molar-refractivity contribution in [1.29, 1.82) is 0 Å². The lowest BCUT2D eigenvalue weighted by Crippen LogP contribution is -2.22. The van der Waals surface area contributed by atoms with Gasteiger partial charge in [0.15, 0.2) is 5.13 Å². The summed E-state index contributed by atoms with van der Waals surface area (Å²) in [5.74, 6) is 0.688. The van der Waals surface area contributed by atoms with Crippen molar-refractivity contribution < 1.29 is 4.74 Å². The quantitative estimate of drug-likeness (QED) is 0.780. The van der Waals surface area contributed by atoms with Gasteiger partial charge in [-0.3, -0.25) is 0 Å². The Labute approximate surface area is 145 Å². The Morgan fingerprint density at radius 3 is 2.96 bits per heavy atom. The first kappa shape index (κ1) is 15.5. The van der Waals surface area contributed by atoms with Gasteiger partial charge in [-0.2, -0.15) is 10.2 Å². The first-order chi connectivity index (χ1) is 11.8. The number of ether oxygens (including phenoxy) is 1. The molecule has 0 aliphatic carbocycles. The Morgan fingerprint density at radius 1 is 1.21 bits per heavy atom. The van der Waals surface area contributed by atoms with Crippen LogP contribution in [0.25, 0.3) is 21.3 Å². The topological polar surface area (TPSA) is 59.9 Å². The van der Waals surface area contributed by atoms with E-state index < -0.39 is 0 Å². The van der Waals surface area contributed by atoms with Crippen molar-refractivity contribution in [2.75, 3.05) is 25.1 Å². The minimum atomic E-state index is 0.688. The molecule has 4 rings (SSSR count). The van der Waals surface area contributed by atoms with Gasteiger partial charge in [0.1, 0.15) is 0 Å². The van der Waals surface area contributed by atoms with Gasteiger partial charge in [0.25, 0.3) is 0 Å². The highest BCUT2D eigenvalue weighted by atomic mass is 32.1. The largest absolute Gasteiger partial charge is 0.381 e. The van der Waals surface area contributed by atoms with Crippen LogP contribution in [0.1, 0.15) is 18.5 Å². The second-order valence-electron chi connectivity index (χ2n) is 6.23. The SMILES string of the molecule is Cc1cc2cc(-c3cnc(NCC4CCOCC4)s3)ccc2nn1. The van der Waals surface area contributed by atoms with E-state index in [-0.39, 0.29) is 0 Å². The number of nitrogens with one attached hydrogen (secondary N) is 1. The van der Waals surface area contributed by atoms with Crippen LogP contribution in [0.3, 0.4) is 0 Å². The number of aromatic nitrogens is 3. The maximum Gasteiger partial charge on any atom is 0.183 e. The summed E-state index contributed by atoms with van der Waals surface area (Å²) >= 11 is 1.70. The second kappa shape index (κ2) is 6.83. The molecule has 0 saturated carbocycles. The molecule has 1 aliphatic heterocycles. The summed E-state index contributed by atoms with van der Waals surface area (Å²) in [6.45, 7) is 4.71. The van der Waals surface area contributed by atoms with Crippen LogP contribution in [0, 0.1) is 12.8 Å². The lowest BCUT2D eigenvalue weighted by atomic mass is 10.0. The van der Waals surface area contributed by atoms with Crippen LogP contribution in [0.4, 0.5) is 5.13 Å². The van der Waals surface area contributed by atoms with E-state index in [1.165, 1.54) is 10.4 Å². The Morgan fingerprint density at radius 2 is 2.08 bits per heavy atom. The predicted octanol–water partition coefficient (Wildman–Crippen LogP) is 3.90. The zero-order chi connectivity index (χ0) is 16.4. The highest BCUT2D eigenvalue weighted by molar-refractivity contribution is 7.18. The normalized spacial score (nSPS) is 15.7. The summed E-state index contributed by atoms with van der Waals surface area (Å²) in [5.41, 5.74) is 3.03. The zero-order valence-electron chi connectivity index (χ0n) is 13.7. The highest BCUT2D eigenvalue weighted by Crippen LogP contribution is 2.31. The predicted molar refractivity (Wildman–Crippen MR) is 97.4 cm³/mol. The van der Waals surface area contributed by atoms with Gasteiger partial charge < -0.3 is 10.1 Å². The number of hydrogen-bond acceptors (Lipinski definition) is 6. The van der Waals surface area contributed by atoms with Crippen LogP contribution in [0.2, 0.25) is 0 Å². The van der Waals surface area contributed by atoms with E-state index in [1.807, 2.05) is 19.2 Å². The molecular weight excluding hydrogens is 320 g/mol. The van der Waals surface area contributed by atoms with Crippen molar-refractivity contribution >= 4 is 27.4 Å². The molecule has 1 aliphatic rings. The fraction of sp³-hybridized carbons (Fsp3) is 0.389. The molecule has 1 aromatic carbocycles. The fourth-order valence-electron chi connectivity index (χ4n) is 2.97. The molecule has 3 aromatic rings. The summed E-state index contributed by atoms with van der Waals surface area (Å²) in [6.07, 6.45) is 4.21. The molecule has 0 amide bonds. The van der Waals surface area contributed by atoms with Crippen LogP contribution >= 0.6 is 11.3 Å². The third-order valence-electron chi connectivity index (χ3n) is 4.38. The molecule has 6 heteroatoms. The fourth-order valence-corrected chi connectivity index (χ4v) is 3.79. The van der Waals surface area contributed by atoms with Crippen molar-refractivity contribution in [1.82, 2.24) is 15.2 Å². The molecule has 0 radical (unpaired) electrons. The van der Waals surface area contributed by atoms with Crippen LogP contribution in [0.15, 0.2) is 30.5 Å². The smallest absolute Gasteiger partial charge is 0.183 e. The Hall–Kier alpha value is -2.05. The Balaban J connectivity index is 1.49. The molecule has 0 spiro atoms. The molecule has 0 atom stereocenters. The molecule has 0 unspecified atom stereocenters. The first-order valence-corrected chi connectivity index (χ1v) is 9.11. The number of thiazole rings is 1. The van der Waals surface area contributed by atoms with Crippen molar-refractivity contribution in [3.05, 3.63) is 36.2 Å². The van der Waals surface area contributed by atoms with E-state index in [4.69, 9.17) is 4.74 Å². The lowest BCUT2D eigenvalue weighted by Gasteiger charge is -2.21. The molecule has 124 valence electrons. The van der Waals surface area contributed by atoms with Crippen molar-refractivity contribution in [3.63, 3.8) is 0 Å². The van der Waals surface area contributed by atoms with E-state index in [0.29, 0.717) is 5.92 Å². The van der Waals surface area contributed by atoms with Gasteiger partial charge in [-0.15, -0.1) is 0 Å². The van der Waals surface area contributed by atoms with Crippen molar-refractivity contribution in [2.45, 2.75) is 19.8 Å². The molecule has 5 nitrogen and oxygen atoms in total. The average molecular weight is 340 g/mol. The summed E-state index contributed by atoms with van der Waals surface area (Å²) in [4.78, 5) is 5.69. The van der Waals surface area contributed by atoms with E-state index in [0.717, 1.165) is 54.3 Å². The Kier molecular flexibility index (Phi) is 4.40. The molecule has 3 heterocycles. The minimum Gasteiger partial charge on any atom is -0.381 e. The van der Waals surface area contributed by atoms with Crippen LogP contribution < -0.4 is 5.32 Å². The van der Waals surface area contributed by atoms with E-state index in [9.17, 15) is 0 Å². The maximum absolute atomic E-state index is 5.41. The average Bonchev–Trinajstić information content (AvgIpc) is 3.09. The van der Waals surface area contributed by atoms with Gasteiger partial charge in [-0.1, -0.05) is 17.4 Å². The molecule has 2 aromatic heterocycles. The standard InChI is InChI=1S/C18H20N4OS/c1-12-8-15-9-14(2-3-16(15)22-21-12)17-11-20-18(24-17)19-10-13-4-6-23-7-5-13/h2-3,8-9,11,13H,4-7,10H2,1H3,(H,19,20). The van der Waals surface area contributed by atoms with Crippen molar-refractivity contribution in [3.8, 4) is 10.4 Å². The summed E-state index contributed by atoms with van der Waals surface area (Å²) < 4.78 is 5.41. The molecule has 1 N–H and O–H groups in total. The van der Waals surface area contributed by atoms with Crippen LogP contribution in [0.5, 0.6) is 0 Å². The zero-order valence-corrected chi connectivity index (χ0v) is 14.5. The molecule has 0 bridgehead atoms. The summed E-state index contributed by atoms with van der Waals surface area (Å²) in [7, 11) is 0. The van der Waals surface area contributed by atoms with Gasteiger partial charge in [0.2, 0.25) is 0 Å². The van der Waals surface area contributed by atoms with E-state index in [2.05, 4.69) is 38.7 Å². The van der Waals surface area contributed by atoms with Crippen LogP contribution in [-0.2, 0) is 4.74 Å². The molecule has 1 saturated heterocycles. The number of benzene rings is 1. The lowest BCUT2D eigenvalue weighted by molar-refractivity contribution is 0.0699. The molecule has 1 fully saturated rings. The minimum absolute atomic E-state index is 0.688. The molecule has 24 heavy (non-hydrogen) atoms. The van der Waals surface area contributed by atoms with E-state index in [1.54, 1.807) is 11.3 Å². The number of hydrogen-bond donors (Lipinski definition) is 1. The first-order valence-electron chi connectivity index (χ1n) is 8.30. The van der Waals surface area contributed by atoms with Gasteiger partial charge in [-0.25, -0.2) is 4.98 Å². The summed E-state index contributed by atoms with van der Waals surface area (Å²) in [5, 5.41) is 13.9. The maximum atomic E-state index is 5.41. The van der Waals surface area contributed by atoms with Gasteiger partial charge in [0, 0.05) is 31.3 Å². The highest BCUT2D eigenvalue weighted by Gasteiger charge is 2.14. The third-order valence-corrected chi connectivity index (χ3v) is 5.38. The number of nitrogens with zero attached hydrogens (tertiary/aromatic N) is 3. The van der Waals surface area contributed by atoms with Gasteiger partial charge in [0.05, 0.1) is 16.1 Å². The number of rotatable bonds is 4.